The van der Waals surface area contributed by atoms with Crippen LogP contribution in [0.15, 0.2) is 6.20 Å². The molecular formula is C8H3F6NO2. The van der Waals surface area contributed by atoms with Gasteiger partial charge in [0.2, 0.25) is 0 Å². The predicted molar refractivity (Wildman–Crippen MR) is 41.1 cm³/mol. The van der Waals surface area contributed by atoms with E-state index in [4.69, 9.17) is 5.11 Å². The Balaban J connectivity index is 3.59. The molecule has 1 aromatic heterocycles. The normalized spacial score (nSPS) is 11.9. The summed E-state index contributed by atoms with van der Waals surface area (Å²) in [7, 11) is 0. The van der Waals surface area contributed by atoms with Crippen molar-refractivity contribution < 1.29 is 36.2 Å². The van der Waals surface area contributed by atoms with E-state index >= 15 is 0 Å². The lowest BCUT2D eigenvalue weighted by Gasteiger charge is -2.13. The van der Waals surface area contributed by atoms with Crippen molar-refractivity contribution in [3.05, 3.63) is 28.8 Å². The van der Waals surface area contributed by atoms with Crippen molar-refractivity contribution in [2.24, 2.45) is 0 Å². The largest absolute Gasteiger partial charge is 0.478 e. The highest BCUT2D eigenvalue weighted by Crippen LogP contribution is 2.37. The SMILES string of the molecule is O=C(O)c1cnc(C(F)F)c(C(F)(F)F)c1F. The lowest BCUT2D eigenvalue weighted by Crippen LogP contribution is -2.17. The average molecular weight is 259 g/mol. The number of halogens is 6. The molecule has 1 aromatic rings. The molecule has 0 saturated carbocycles. The van der Waals surface area contributed by atoms with Crippen LogP contribution in [0.2, 0.25) is 0 Å². The second kappa shape index (κ2) is 4.22. The molecule has 0 saturated heterocycles. The van der Waals surface area contributed by atoms with Crippen LogP contribution in [-0.4, -0.2) is 16.1 Å². The monoisotopic (exact) mass is 259 g/mol. The van der Waals surface area contributed by atoms with Crippen LogP contribution in [0.5, 0.6) is 0 Å². The summed E-state index contributed by atoms with van der Waals surface area (Å²) in [6.07, 6.45) is -8.99. The van der Waals surface area contributed by atoms with E-state index in [2.05, 4.69) is 4.98 Å². The summed E-state index contributed by atoms with van der Waals surface area (Å²) in [5.41, 5.74) is -5.60. The highest BCUT2D eigenvalue weighted by atomic mass is 19.4. The first-order chi connectivity index (χ1) is 7.66. The molecule has 1 N–H and O–H groups in total. The van der Waals surface area contributed by atoms with Crippen LogP contribution in [0.3, 0.4) is 0 Å². The molecular weight excluding hydrogens is 256 g/mol. The van der Waals surface area contributed by atoms with Crippen molar-refractivity contribution in [2.75, 3.05) is 0 Å². The molecule has 3 nitrogen and oxygen atoms in total. The average Bonchev–Trinajstić information content (AvgIpc) is 2.14. The number of hydrogen-bond donors (Lipinski definition) is 1. The van der Waals surface area contributed by atoms with Gasteiger partial charge in [0.05, 0.1) is 0 Å². The summed E-state index contributed by atoms with van der Waals surface area (Å²) in [6.45, 7) is 0. The van der Waals surface area contributed by atoms with Crippen molar-refractivity contribution in [1.29, 1.82) is 0 Å². The van der Waals surface area contributed by atoms with Crippen molar-refractivity contribution >= 4 is 5.97 Å². The first-order valence-electron chi connectivity index (χ1n) is 3.93. The second-order valence-electron chi connectivity index (χ2n) is 2.85. The standard InChI is InChI=1S/C8H3F6NO2/c9-4-2(7(16)17)1-15-5(6(10)11)3(4)8(12,13)14/h1,6H,(H,16,17). The number of aromatic carboxylic acids is 1. The first-order valence-corrected chi connectivity index (χ1v) is 3.93. The molecule has 0 amide bonds. The maximum Gasteiger partial charge on any atom is 0.421 e. The number of carboxylic acids is 1. The van der Waals surface area contributed by atoms with Crippen molar-refractivity contribution in [2.45, 2.75) is 12.6 Å². The first kappa shape index (κ1) is 13.3. The molecule has 17 heavy (non-hydrogen) atoms. The molecule has 0 unspecified atom stereocenters. The third-order valence-electron chi connectivity index (χ3n) is 1.77. The van der Waals surface area contributed by atoms with Crippen LogP contribution < -0.4 is 0 Å². The molecule has 0 aromatic carbocycles. The highest BCUT2D eigenvalue weighted by molar-refractivity contribution is 5.87. The van der Waals surface area contributed by atoms with Gasteiger partial charge < -0.3 is 5.11 Å². The fourth-order valence-electron chi connectivity index (χ4n) is 1.09. The van der Waals surface area contributed by atoms with E-state index in [1.807, 2.05) is 0 Å². The quantitative estimate of drug-likeness (QED) is 0.831. The number of pyridine rings is 1. The van der Waals surface area contributed by atoms with Crippen LogP contribution in [0.4, 0.5) is 26.3 Å². The van der Waals surface area contributed by atoms with E-state index in [1.165, 1.54) is 0 Å². The van der Waals surface area contributed by atoms with Gasteiger partial charge >= 0.3 is 12.1 Å². The summed E-state index contributed by atoms with van der Waals surface area (Å²) in [5, 5.41) is 8.35. The summed E-state index contributed by atoms with van der Waals surface area (Å²) < 4.78 is 74.5. The van der Waals surface area contributed by atoms with Crippen molar-refractivity contribution in [3.8, 4) is 0 Å². The van der Waals surface area contributed by atoms with Gasteiger partial charge in [-0.1, -0.05) is 0 Å². The van der Waals surface area contributed by atoms with E-state index < -0.39 is 41.2 Å². The number of nitrogens with zero attached hydrogens (tertiary/aromatic N) is 1. The Hall–Kier alpha value is -1.80. The van der Waals surface area contributed by atoms with Gasteiger partial charge in [-0.15, -0.1) is 0 Å². The van der Waals surface area contributed by atoms with Crippen LogP contribution >= 0.6 is 0 Å². The summed E-state index contributed by atoms with van der Waals surface area (Å²) >= 11 is 0. The Bertz CT molecular complexity index is 456. The smallest absolute Gasteiger partial charge is 0.421 e. The van der Waals surface area contributed by atoms with Crippen molar-refractivity contribution in [1.82, 2.24) is 4.98 Å². The van der Waals surface area contributed by atoms with Gasteiger partial charge in [0, 0.05) is 6.20 Å². The maximum absolute atomic E-state index is 13.2. The molecule has 1 heterocycles. The van der Waals surface area contributed by atoms with Gasteiger partial charge in [-0.05, 0) is 0 Å². The summed E-state index contributed by atoms with van der Waals surface area (Å²) in [5.74, 6) is -4.29. The fourth-order valence-corrected chi connectivity index (χ4v) is 1.09. The number of alkyl halides is 5. The van der Waals surface area contributed by atoms with Crippen LogP contribution in [-0.2, 0) is 6.18 Å². The Morgan fingerprint density at radius 2 is 1.88 bits per heavy atom. The molecule has 0 aliphatic rings. The van der Waals surface area contributed by atoms with Crippen molar-refractivity contribution in [3.63, 3.8) is 0 Å². The van der Waals surface area contributed by atoms with Crippen LogP contribution in [0, 0.1) is 5.82 Å². The highest BCUT2D eigenvalue weighted by Gasteiger charge is 2.41. The molecule has 0 fully saturated rings. The minimum Gasteiger partial charge on any atom is -0.478 e. The zero-order valence-electron chi connectivity index (χ0n) is 7.73. The predicted octanol–water partition coefficient (Wildman–Crippen LogP) is 2.88. The molecule has 9 heteroatoms. The number of carboxylic acid groups (broad SMARTS) is 1. The number of hydrogen-bond acceptors (Lipinski definition) is 2. The minimum absolute atomic E-state index is 0.119. The third-order valence-corrected chi connectivity index (χ3v) is 1.77. The van der Waals surface area contributed by atoms with Gasteiger partial charge in [0.25, 0.3) is 6.43 Å². The van der Waals surface area contributed by atoms with E-state index in [-0.39, 0.29) is 6.20 Å². The Morgan fingerprint density at radius 1 is 1.35 bits per heavy atom. The lowest BCUT2D eigenvalue weighted by atomic mass is 10.1. The van der Waals surface area contributed by atoms with E-state index in [0.717, 1.165) is 0 Å². The van der Waals surface area contributed by atoms with E-state index in [0.29, 0.717) is 0 Å². The zero-order chi connectivity index (χ0) is 13.4. The Kier molecular flexibility index (Phi) is 3.30. The minimum atomic E-state index is -5.45. The Labute approximate surface area is 89.7 Å². The molecule has 0 aliphatic heterocycles. The van der Waals surface area contributed by atoms with Gasteiger partial charge in [0.15, 0.2) is 5.82 Å². The summed E-state index contributed by atoms with van der Waals surface area (Å²) in [4.78, 5) is 13.0. The topological polar surface area (TPSA) is 50.2 Å². The molecule has 1 rings (SSSR count). The third kappa shape index (κ3) is 2.48. The number of aromatic nitrogens is 1. The molecule has 0 bridgehead atoms. The van der Waals surface area contributed by atoms with Crippen LogP contribution in [0.1, 0.15) is 28.0 Å². The van der Waals surface area contributed by atoms with E-state index in [9.17, 15) is 31.1 Å². The Morgan fingerprint density at radius 3 is 2.24 bits per heavy atom. The maximum atomic E-state index is 13.2. The van der Waals surface area contributed by atoms with Gasteiger partial charge in [-0.3, -0.25) is 4.98 Å². The number of carbonyl (C=O) groups is 1. The molecule has 0 aliphatic carbocycles. The van der Waals surface area contributed by atoms with Crippen LogP contribution in [0.25, 0.3) is 0 Å². The van der Waals surface area contributed by atoms with Gasteiger partial charge in [0.1, 0.15) is 16.8 Å². The lowest BCUT2D eigenvalue weighted by molar-refractivity contribution is -0.142. The van der Waals surface area contributed by atoms with Gasteiger partial charge in [-0.25, -0.2) is 18.0 Å². The zero-order valence-corrected chi connectivity index (χ0v) is 7.73. The van der Waals surface area contributed by atoms with E-state index in [1.54, 1.807) is 0 Å². The molecule has 0 atom stereocenters. The van der Waals surface area contributed by atoms with Gasteiger partial charge in [-0.2, -0.15) is 13.2 Å². The molecule has 0 radical (unpaired) electrons. The second-order valence-corrected chi connectivity index (χ2v) is 2.85. The summed E-state index contributed by atoms with van der Waals surface area (Å²) in [6, 6.07) is 0. The fraction of sp³-hybridized carbons (Fsp3) is 0.250. The number of rotatable bonds is 2. The molecule has 94 valence electrons. The molecule has 0 spiro atoms.